The zero-order valence-corrected chi connectivity index (χ0v) is 17.2. The molecule has 31 heavy (non-hydrogen) atoms. The van der Waals surface area contributed by atoms with Gasteiger partial charge in [-0.2, -0.15) is 5.26 Å². The third kappa shape index (κ3) is 4.85. The molecule has 1 fully saturated rings. The number of pyridine rings is 1. The van der Waals surface area contributed by atoms with E-state index < -0.39 is 6.04 Å². The van der Waals surface area contributed by atoms with Gasteiger partial charge in [0.05, 0.1) is 23.7 Å². The molecule has 1 aliphatic heterocycles. The van der Waals surface area contributed by atoms with Crippen molar-refractivity contribution in [2.24, 2.45) is 0 Å². The van der Waals surface area contributed by atoms with Gasteiger partial charge in [0, 0.05) is 23.2 Å². The van der Waals surface area contributed by atoms with Crippen LogP contribution >= 0.6 is 11.8 Å². The maximum atomic E-state index is 13.0. The number of carbonyl (C=O) groups excluding carboxylic acids is 2. The van der Waals surface area contributed by atoms with Crippen LogP contribution in [0.2, 0.25) is 0 Å². The molecule has 3 aromatic rings. The number of benzene rings is 2. The van der Waals surface area contributed by atoms with Gasteiger partial charge in [0.2, 0.25) is 5.91 Å². The number of hydrogen-bond acceptors (Lipinski definition) is 6. The van der Waals surface area contributed by atoms with Crippen LogP contribution in [-0.4, -0.2) is 39.4 Å². The molecule has 0 aliphatic carbocycles. The third-order valence-corrected chi connectivity index (χ3v) is 5.71. The molecule has 1 unspecified atom stereocenters. The summed E-state index contributed by atoms with van der Waals surface area (Å²) in [6, 6.07) is 18.5. The van der Waals surface area contributed by atoms with E-state index in [0.717, 1.165) is 0 Å². The van der Waals surface area contributed by atoms with Crippen LogP contribution < -0.4 is 10.1 Å². The van der Waals surface area contributed by atoms with Gasteiger partial charge < -0.3 is 15.0 Å². The van der Waals surface area contributed by atoms with Gasteiger partial charge in [-0.3, -0.25) is 14.6 Å². The number of aromatic nitrogens is 1. The van der Waals surface area contributed by atoms with E-state index in [1.54, 1.807) is 78.0 Å². The Balaban J connectivity index is 1.42. The Kier molecular flexibility index (Phi) is 6.15. The number of rotatable bonds is 5. The molecule has 0 radical (unpaired) electrons. The van der Waals surface area contributed by atoms with Crippen molar-refractivity contribution in [3.05, 3.63) is 84.2 Å². The highest BCUT2D eigenvalue weighted by Crippen LogP contribution is 2.26. The Morgan fingerprint density at radius 1 is 1.10 bits per heavy atom. The molecule has 1 atom stereocenters. The second-order valence-electron chi connectivity index (χ2n) is 6.78. The standard InChI is InChI=1S/C23H18N4O3S/c24-12-16-3-7-18(8-4-16)26-22(28)21-14-31-15-27(21)23(29)17-5-9-19(10-6-17)30-20-2-1-11-25-13-20/h1-11,13,21H,14-15H2,(H,26,28). The lowest BCUT2D eigenvalue weighted by molar-refractivity contribution is -0.119. The molecular formula is C23H18N4O3S. The highest BCUT2D eigenvalue weighted by molar-refractivity contribution is 7.99. The quantitative estimate of drug-likeness (QED) is 0.660. The molecule has 2 heterocycles. The summed E-state index contributed by atoms with van der Waals surface area (Å²) in [7, 11) is 0. The molecule has 0 bridgehead atoms. The highest BCUT2D eigenvalue weighted by Gasteiger charge is 2.35. The third-order valence-electron chi connectivity index (χ3n) is 4.70. The number of thioether (sulfide) groups is 1. The van der Waals surface area contributed by atoms with Gasteiger partial charge in [-0.1, -0.05) is 0 Å². The number of carbonyl (C=O) groups is 2. The molecule has 0 saturated carbocycles. The second-order valence-corrected chi connectivity index (χ2v) is 7.78. The monoisotopic (exact) mass is 430 g/mol. The molecule has 0 spiro atoms. The average Bonchev–Trinajstić information content (AvgIpc) is 3.30. The number of nitrogens with one attached hydrogen (secondary N) is 1. The van der Waals surface area contributed by atoms with E-state index in [1.807, 2.05) is 6.07 Å². The van der Waals surface area contributed by atoms with Gasteiger partial charge in [-0.15, -0.1) is 11.8 Å². The Morgan fingerprint density at radius 3 is 2.55 bits per heavy atom. The van der Waals surface area contributed by atoms with Crippen molar-refractivity contribution < 1.29 is 14.3 Å². The first-order chi connectivity index (χ1) is 15.1. The van der Waals surface area contributed by atoms with Crippen LogP contribution in [-0.2, 0) is 4.79 Å². The van der Waals surface area contributed by atoms with Gasteiger partial charge in [-0.25, -0.2) is 0 Å². The van der Waals surface area contributed by atoms with Crippen molar-refractivity contribution in [1.82, 2.24) is 9.88 Å². The topological polar surface area (TPSA) is 95.3 Å². The molecule has 1 N–H and O–H groups in total. The predicted molar refractivity (Wildman–Crippen MR) is 118 cm³/mol. The molecule has 154 valence electrons. The second kappa shape index (κ2) is 9.32. The van der Waals surface area contributed by atoms with Crippen molar-refractivity contribution in [3.63, 3.8) is 0 Å². The van der Waals surface area contributed by atoms with Gasteiger partial charge in [0.25, 0.3) is 5.91 Å². The Bertz CT molecular complexity index is 1110. The van der Waals surface area contributed by atoms with Crippen molar-refractivity contribution >= 4 is 29.3 Å². The Morgan fingerprint density at radius 2 is 1.87 bits per heavy atom. The summed E-state index contributed by atoms with van der Waals surface area (Å²) in [5.41, 5.74) is 1.59. The summed E-state index contributed by atoms with van der Waals surface area (Å²) in [6.45, 7) is 0. The normalized spacial score (nSPS) is 15.2. The fourth-order valence-corrected chi connectivity index (χ4v) is 4.24. The first-order valence-corrected chi connectivity index (χ1v) is 10.7. The minimum atomic E-state index is -0.570. The molecule has 1 saturated heterocycles. The molecule has 1 aliphatic rings. The minimum Gasteiger partial charge on any atom is -0.456 e. The predicted octanol–water partition coefficient (Wildman–Crippen LogP) is 3.90. The van der Waals surface area contributed by atoms with E-state index in [9.17, 15) is 9.59 Å². The Labute approximate surface area is 183 Å². The summed E-state index contributed by atoms with van der Waals surface area (Å²) in [5, 5.41) is 11.7. The van der Waals surface area contributed by atoms with E-state index in [1.165, 1.54) is 11.8 Å². The van der Waals surface area contributed by atoms with Crippen LogP contribution in [0.3, 0.4) is 0 Å². The fraction of sp³-hybridized carbons (Fsp3) is 0.130. The molecular weight excluding hydrogens is 412 g/mol. The van der Waals surface area contributed by atoms with Crippen LogP contribution in [0.25, 0.3) is 0 Å². The minimum absolute atomic E-state index is 0.210. The number of nitrogens with zero attached hydrogens (tertiary/aromatic N) is 3. The first kappa shape index (κ1) is 20.4. The number of hydrogen-bond donors (Lipinski definition) is 1. The number of ether oxygens (including phenoxy) is 1. The van der Waals surface area contributed by atoms with Crippen molar-refractivity contribution in [1.29, 1.82) is 5.26 Å². The smallest absolute Gasteiger partial charge is 0.255 e. The maximum absolute atomic E-state index is 13.0. The van der Waals surface area contributed by atoms with Gasteiger partial charge in [0.15, 0.2) is 0 Å². The fourth-order valence-electron chi connectivity index (χ4n) is 3.09. The average molecular weight is 430 g/mol. The maximum Gasteiger partial charge on any atom is 0.255 e. The van der Waals surface area contributed by atoms with E-state index in [4.69, 9.17) is 10.00 Å². The zero-order valence-electron chi connectivity index (χ0n) is 16.4. The van der Waals surface area contributed by atoms with Crippen LogP contribution in [0, 0.1) is 11.3 Å². The highest BCUT2D eigenvalue weighted by atomic mass is 32.2. The number of anilines is 1. The molecule has 4 rings (SSSR count). The van der Waals surface area contributed by atoms with Crippen LogP contribution in [0.15, 0.2) is 73.1 Å². The summed E-state index contributed by atoms with van der Waals surface area (Å²) in [6.07, 6.45) is 3.27. The van der Waals surface area contributed by atoms with Crippen molar-refractivity contribution in [2.75, 3.05) is 16.9 Å². The van der Waals surface area contributed by atoms with Crippen molar-refractivity contribution in [3.8, 4) is 17.6 Å². The summed E-state index contributed by atoms with van der Waals surface area (Å²) >= 11 is 1.53. The largest absolute Gasteiger partial charge is 0.456 e. The van der Waals surface area contributed by atoms with E-state index in [0.29, 0.717) is 39.9 Å². The van der Waals surface area contributed by atoms with E-state index in [2.05, 4.69) is 10.3 Å². The molecule has 8 heteroatoms. The lowest BCUT2D eigenvalue weighted by atomic mass is 10.1. The van der Waals surface area contributed by atoms with Crippen LogP contribution in [0.1, 0.15) is 15.9 Å². The number of nitriles is 1. The summed E-state index contributed by atoms with van der Waals surface area (Å²) in [4.78, 5) is 31.3. The molecule has 7 nitrogen and oxygen atoms in total. The zero-order chi connectivity index (χ0) is 21.6. The van der Waals surface area contributed by atoms with E-state index >= 15 is 0 Å². The lowest BCUT2D eigenvalue weighted by Gasteiger charge is -2.23. The number of amides is 2. The SMILES string of the molecule is N#Cc1ccc(NC(=O)C2CSCN2C(=O)c2ccc(Oc3cccnc3)cc2)cc1. The molecule has 2 aromatic carbocycles. The van der Waals surface area contributed by atoms with Crippen molar-refractivity contribution in [2.45, 2.75) is 6.04 Å². The molecule has 2 amide bonds. The summed E-state index contributed by atoms with van der Waals surface area (Å²) < 4.78 is 5.71. The van der Waals surface area contributed by atoms with E-state index in [-0.39, 0.29) is 11.8 Å². The van der Waals surface area contributed by atoms with Gasteiger partial charge in [-0.05, 0) is 60.7 Å². The first-order valence-electron chi connectivity index (χ1n) is 9.52. The van der Waals surface area contributed by atoms with Gasteiger partial charge >= 0.3 is 0 Å². The van der Waals surface area contributed by atoms with Crippen LogP contribution in [0.5, 0.6) is 11.5 Å². The van der Waals surface area contributed by atoms with Crippen LogP contribution in [0.4, 0.5) is 5.69 Å². The summed E-state index contributed by atoms with van der Waals surface area (Å²) in [5.74, 6) is 1.71. The Hall–Kier alpha value is -3.83. The lowest BCUT2D eigenvalue weighted by Crippen LogP contribution is -2.44. The molecule has 1 aromatic heterocycles. The van der Waals surface area contributed by atoms with Gasteiger partial charge in [0.1, 0.15) is 17.5 Å².